The molecule has 0 radical (unpaired) electrons. The van der Waals surface area contributed by atoms with Crippen molar-refractivity contribution in [3.05, 3.63) is 11.6 Å². The summed E-state index contributed by atoms with van der Waals surface area (Å²) in [5.74, 6) is 0.752. The van der Waals surface area contributed by atoms with Crippen LogP contribution in [0, 0.1) is 5.92 Å². The lowest BCUT2D eigenvalue weighted by Gasteiger charge is -2.26. The molecule has 1 aromatic heterocycles. The quantitative estimate of drug-likeness (QED) is 0.842. The van der Waals surface area contributed by atoms with E-state index in [0.29, 0.717) is 11.0 Å². The first kappa shape index (κ1) is 14.5. The monoisotopic (exact) mass is 281 g/mol. The molecule has 0 unspecified atom stereocenters. The van der Waals surface area contributed by atoms with E-state index in [1.165, 1.54) is 43.4 Å². The number of nitrogens with zero attached hydrogens (tertiary/aromatic N) is 1. The Balaban J connectivity index is 1.88. The molecule has 0 saturated heterocycles. The first-order valence-corrected chi connectivity index (χ1v) is 8.11. The highest BCUT2D eigenvalue weighted by molar-refractivity contribution is 7.13. The number of hydrogen-bond donors (Lipinski definition) is 2. The smallest absolute Gasteiger partial charge is 0.243 e. The van der Waals surface area contributed by atoms with E-state index in [4.69, 9.17) is 0 Å². The fourth-order valence-corrected chi connectivity index (χ4v) is 3.30. The van der Waals surface area contributed by atoms with Crippen molar-refractivity contribution in [1.82, 2.24) is 10.3 Å². The molecule has 19 heavy (non-hydrogen) atoms. The maximum Gasteiger partial charge on any atom is 0.243 e. The zero-order valence-electron chi connectivity index (χ0n) is 11.5. The number of amides is 1. The van der Waals surface area contributed by atoms with Gasteiger partial charge in [0.2, 0.25) is 5.91 Å². The van der Waals surface area contributed by atoms with Crippen molar-refractivity contribution in [2.24, 2.45) is 5.92 Å². The van der Waals surface area contributed by atoms with E-state index >= 15 is 0 Å². The molecular weight excluding hydrogens is 258 g/mol. The fraction of sp³-hybridized carbons (Fsp3) is 0.714. The van der Waals surface area contributed by atoms with Crippen LogP contribution in [0.25, 0.3) is 0 Å². The second kappa shape index (κ2) is 7.60. The molecule has 0 aromatic carbocycles. The van der Waals surface area contributed by atoms with E-state index in [0.717, 1.165) is 13.0 Å². The number of nitrogens with one attached hydrogen (secondary N) is 2. The minimum Gasteiger partial charge on any atom is -0.306 e. The van der Waals surface area contributed by atoms with Gasteiger partial charge in [-0.2, -0.15) is 0 Å². The predicted octanol–water partition coefficient (Wildman–Crippen LogP) is 3.03. The average Bonchev–Trinajstić information content (AvgIpc) is 2.92. The van der Waals surface area contributed by atoms with Crippen LogP contribution in [0.1, 0.15) is 45.4 Å². The molecular formula is C14H23N3OS. The van der Waals surface area contributed by atoms with Crippen LogP contribution in [0.15, 0.2) is 11.6 Å². The number of thiazole rings is 1. The molecule has 1 atom stereocenters. The summed E-state index contributed by atoms with van der Waals surface area (Å²) in [6, 6.07) is -0.0861. The van der Waals surface area contributed by atoms with Crippen LogP contribution in [0.2, 0.25) is 0 Å². The average molecular weight is 281 g/mol. The zero-order chi connectivity index (χ0) is 13.5. The number of hydrogen-bond acceptors (Lipinski definition) is 4. The van der Waals surface area contributed by atoms with Crippen molar-refractivity contribution in [1.29, 1.82) is 0 Å². The Morgan fingerprint density at radius 3 is 2.89 bits per heavy atom. The Morgan fingerprint density at radius 1 is 1.47 bits per heavy atom. The van der Waals surface area contributed by atoms with Crippen LogP contribution < -0.4 is 10.6 Å². The van der Waals surface area contributed by atoms with E-state index in [-0.39, 0.29) is 11.9 Å². The standard InChI is InChI=1S/C14H23N3OS/c1-2-15-12(10-11-6-4-3-5-7-11)13(18)17-14-16-8-9-19-14/h8-9,11-12,15H,2-7,10H2,1H3,(H,16,17,18)/t12-/m0/s1. The molecule has 1 saturated carbocycles. The van der Waals surface area contributed by atoms with Crippen LogP contribution in [0.3, 0.4) is 0 Å². The number of anilines is 1. The third kappa shape index (κ3) is 4.58. The van der Waals surface area contributed by atoms with Crippen LogP contribution in [0.5, 0.6) is 0 Å². The molecule has 1 amide bonds. The molecule has 0 spiro atoms. The second-order valence-electron chi connectivity index (χ2n) is 5.18. The number of carbonyl (C=O) groups is 1. The lowest BCUT2D eigenvalue weighted by Crippen LogP contribution is -2.42. The molecule has 1 fully saturated rings. The Kier molecular flexibility index (Phi) is 5.79. The van der Waals surface area contributed by atoms with Gasteiger partial charge in [-0.3, -0.25) is 4.79 Å². The highest BCUT2D eigenvalue weighted by Gasteiger charge is 2.24. The topological polar surface area (TPSA) is 54.0 Å². The summed E-state index contributed by atoms with van der Waals surface area (Å²) in [5.41, 5.74) is 0. The first-order valence-electron chi connectivity index (χ1n) is 7.23. The summed E-state index contributed by atoms with van der Waals surface area (Å²) < 4.78 is 0. The van der Waals surface area contributed by atoms with Crippen molar-refractivity contribution in [3.63, 3.8) is 0 Å². The van der Waals surface area contributed by atoms with Gasteiger partial charge in [0.05, 0.1) is 6.04 Å². The maximum absolute atomic E-state index is 12.3. The number of rotatable bonds is 6. The van der Waals surface area contributed by atoms with Crippen LogP contribution in [-0.4, -0.2) is 23.5 Å². The van der Waals surface area contributed by atoms with Crippen molar-refractivity contribution >= 4 is 22.4 Å². The largest absolute Gasteiger partial charge is 0.306 e. The van der Waals surface area contributed by atoms with Gasteiger partial charge in [0.25, 0.3) is 0 Å². The summed E-state index contributed by atoms with van der Waals surface area (Å²) in [7, 11) is 0. The highest BCUT2D eigenvalue weighted by Crippen LogP contribution is 2.27. The van der Waals surface area contributed by atoms with Gasteiger partial charge in [-0.25, -0.2) is 4.98 Å². The van der Waals surface area contributed by atoms with Crippen LogP contribution in [0.4, 0.5) is 5.13 Å². The molecule has 1 heterocycles. The molecule has 2 rings (SSSR count). The predicted molar refractivity (Wildman–Crippen MR) is 79.4 cm³/mol. The molecule has 2 N–H and O–H groups in total. The Hall–Kier alpha value is -0.940. The number of carbonyl (C=O) groups excluding carboxylic acids is 1. The molecule has 1 aliphatic rings. The first-order chi connectivity index (χ1) is 9.29. The lowest BCUT2D eigenvalue weighted by molar-refractivity contribution is -0.118. The normalized spacial score (nSPS) is 18.2. The maximum atomic E-state index is 12.3. The Morgan fingerprint density at radius 2 is 2.26 bits per heavy atom. The third-order valence-corrected chi connectivity index (χ3v) is 4.41. The third-order valence-electron chi connectivity index (χ3n) is 3.72. The van der Waals surface area contributed by atoms with E-state index in [9.17, 15) is 4.79 Å². The van der Waals surface area contributed by atoms with Gasteiger partial charge in [0.15, 0.2) is 5.13 Å². The minimum absolute atomic E-state index is 0.0578. The highest BCUT2D eigenvalue weighted by atomic mass is 32.1. The molecule has 0 aliphatic heterocycles. The molecule has 4 nitrogen and oxygen atoms in total. The second-order valence-corrected chi connectivity index (χ2v) is 6.07. The minimum atomic E-state index is -0.0861. The van der Waals surface area contributed by atoms with Gasteiger partial charge in [-0.05, 0) is 18.9 Å². The van der Waals surface area contributed by atoms with E-state index in [2.05, 4.69) is 15.6 Å². The molecule has 1 aromatic rings. The molecule has 0 bridgehead atoms. The van der Waals surface area contributed by atoms with Gasteiger partial charge < -0.3 is 10.6 Å². The lowest BCUT2D eigenvalue weighted by atomic mass is 9.84. The van der Waals surface area contributed by atoms with Crippen LogP contribution in [-0.2, 0) is 4.79 Å². The number of aromatic nitrogens is 1. The SMILES string of the molecule is CCN[C@@H](CC1CCCCC1)C(=O)Nc1nccs1. The van der Waals surface area contributed by atoms with Crippen molar-refractivity contribution in [2.75, 3.05) is 11.9 Å². The van der Waals surface area contributed by atoms with Gasteiger partial charge in [-0.1, -0.05) is 39.0 Å². The zero-order valence-corrected chi connectivity index (χ0v) is 12.3. The van der Waals surface area contributed by atoms with E-state index in [1.807, 2.05) is 12.3 Å². The molecule has 106 valence electrons. The summed E-state index contributed by atoms with van der Waals surface area (Å²) in [6.45, 7) is 2.87. The van der Waals surface area contributed by atoms with Crippen molar-refractivity contribution < 1.29 is 4.79 Å². The van der Waals surface area contributed by atoms with Gasteiger partial charge in [0.1, 0.15) is 0 Å². The van der Waals surface area contributed by atoms with Gasteiger partial charge in [0, 0.05) is 11.6 Å². The fourth-order valence-electron chi connectivity index (χ4n) is 2.76. The molecule has 1 aliphatic carbocycles. The Labute approximate surface area is 119 Å². The van der Waals surface area contributed by atoms with E-state index < -0.39 is 0 Å². The summed E-state index contributed by atoms with van der Waals surface area (Å²) >= 11 is 1.46. The Bertz CT molecular complexity index is 374. The summed E-state index contributed by atoms with van der Waals surface area (Å²) in [4.78, 5) is 16.4. The molecule has 5 heteroatoms. The van der Waals surface area contributed by atoms with Gasteiger partial charge in [-0.15, -0.1) is 11.3 Å². The number of likely N-dealkylation sites (N-methyl/N-ethyl adjacent to an activating group) is 1. The summed E-state index contributed by atoms with van der Waals surface area (Å²) in [6.07, 6.45) is 9.19. The summed E-state index contributed by atoms with van der Waals surface area (Å²) in [5, 5.41) is 8.77. The van der Waals surface area contributed by atoms with Crippen molar-refractivity contribution in [3.8, 4) is 0 Å². The van der Waals surface area contributed by atoms with Crippen molar-refractivity contribution in [2.45, 2.75) is 51.5 Å². The van der Waals surface area contributed by atoms with Crippen LogP contribution >= 0.6 is 11.3 Å². The van der Waals surface area contributed by atoms with E-state index in [1.54, 1.807) is 6.20 Å². The van der Waals surface area contributed by atoms with Gasteiger partial charge >= 0.3 is 0 Å².